The molecule has 1 amide bonds. The molecule has 0 spiro atoms. The van der Waals surface area contributed by atoms with E-state index in [-0.39, 0.29) is 12.5 Å². The Kier molecular flexibility index (Phi) is 4.59. The van der Waals surface area contributed by atoms with E-state index >= 15 is 0 Å². The van der Waals surface area contributed by atoms with E-state index < -0.39 is 5.41 Å². The van der Waals surface area contributed by atoms with Crippen molar-refractivity contribution in [2.45, 2.75) is 13.8 Å². The maximum atomic E-state index is 12.1. The predicted octanol–water partition coefficient (Wildman–Crippen LogP) is 2.33. The molecule has 0 bridgehead atoms. The number of rotatable bonds is 4. The number of anilines is 2. The van der Waals surface area contributed by atoms with Gasteiger partial charge in [-0.05, 0) is 32.0 Å². The minimum Gasteiger partial charge on any atom is -0.376 e. The quantitative estimate of drug-likeness (QED) is 0.882. The van der Waals surface area contributed by atoms with Gasteiger partial charge in [-0.15, -0.1) is 0 Å². The monoisotopic (exact) mass is 269 g/mol. The number of amides is 1. The Bertz CT molecular complexity index is 444. The number of nitrogens with one attached hydrogen (secondary N) is 1. The number of carbonyl (C=O) groups is 1. The highest BCUT2D eigenvalue weighted by Gasteiger charge is 2.26. The van der Waals surface area contributed by atoms with Crippen molar-refractivity contribution >= 4 is 28.9 Å². The molecule has 5 heteroatoms. The zero-order valence-electron chi connectivity index (χ0n) is 11.2. The van der Waals surface area contributed by atoms with Crippen molar-refractivity contribution in [2.75, 3.05) is 30.9 Å². The number of nitrogens with zero attached hydrogens (tertiary/aromatic N) is 1. The standard InChI is InChI=1S/C13H20ClN3O/c1-13(2,8-15)12(18)16-10-7-9(14)5-6-11(10)17(3)4/h5-7H,8,15H2,1-4H3,(H,16,18). The van der Waals surface area contributed by atoms with E-state index in [0.29, 0.717) is 10.7 Å². The van der Waals surface area contributed by atoms with E-state index in [0.717, 1.165) is 5.69 Å². The molecule has 0 saturated heterocycles. The van der Waals surface area contributed by atoms with Crippen LogP contribution >= 0.6 is 11.6 Å². The number of nitrogens with two attached hydrogens (primary N) is 1. The third-order valence-corrected chi connectivity index (χ3v) is 3.05. The van der Waals surface area contributed by atoms with Crippen LogP contribution in [0.4, 0.5) is 11.4 Å². The fraction of sp³-hybridized carbons (Fsp3) is 0.462. The molecule has 0 aromatic heterocycles. The van der Waals surface area contributed by atoms with Gasteiger partial charge in [0, 0.05) is 25.7 Å². The highest BCUT2D eigenvalue weighted by atomic mass is 35.5. The van der Waals surface area contributed by atoms with Gasteiger partial charge in [0.15, 0.2) is 0 Å². The molecule has 18 heavy (non-hydrogen) atoms. The lowest BCUT2D eigenvalue weighted by Crippen LogP contribution is -2.37. The van der Waals surface area contributed by atoms with Crippen LogP contribution in [0.15, 0.2) is 18.2 Å². The fourth-order valence-corrected chi connectivity index (χ4v) is 1.55. The molecule has 0 aliphatic rings. The second-order valence-electron chi connectivity index (χ2n) is 5.10. The summed E-state index contributed by atoms with van der Waals surface area (Å²) in [7, 11) is 3.82. The molecular formula is C13H20ClN3O. The van der Waals surface area contributed by atoms with Crippen LogP contribution in [0.2, 0.25) is 5.02 Å². The number of benzene rings is 1. The average molecular weight is 270 g/mol. The van der Waals surface area contributed by atoms with Gasteiger partial charge >= 0.3 is 0 Å². The Morgan fingerprint density at radius 2 is 2.06 bits per heavy atom. The lowest BCUT2D eigenvalue weighted by Gasteiger charge is -2.24. The van der Waals surface area contributed by atoms with E-state index in [1.54, 1.807) is 12.1 Å². The zero-order valence-corrected chi connectivity index (χ0v) is 12.0. The van der Waals surface area contributed by atoms with Crippen molar-refractivity contribution in [3.63, 3.8) is 0 Å². The molecule has 1 aromatic carbocycles. The summed E-state index contributed by atoms with van der Waals surface area (Å²) in [6, 6.07) is 5.40. The second kappa shape index (κ2) is 5.59. The van der Waals surface area contributed by atoms with Crippen LogP contribution in [0.25, 0.3) is 0 Å². The molecule has 0 fully saturated rings. The third kappa shape index (κ3) is 3.37. The second-order valence-corrected chi connectivity index (χ2v) is 5.53. The van der Waals surface area contributed by atoms with Crippen LogP contribution in [0.3, 0.4) is 0 Å². The van der Waals surface area contributed by atoms with Gasteiger partial charge in [-0.2, -0.15) is 0 Å². The van der Waals surface area contributed by atoms with Crippen molar-refractivity contribution in [1.29, 1.82) is 0 Å². The number of hydrogen-bond acceptors (Lipinski definition) is 3. The molecule has 100 valence electrons. The summed E-state index contributed by atoms with van der Waals surface area (Å²) >= 11 is 5.96. The fourth-order valence-electron chi connectivity index (χ4n) is 1.38. The summed E-state index contributed by atoms with van der Waals surface area (Å²) < 4.78 is 0. The SMILES string of the molecule is CN(C)c1ccc(Cl)cc1NC(=O)C(C)(C)CN. The van der Waals surface area contributed by atoms with E-state index in [1.807, 2.05) is 38.9 Å². The van der Waals surface area contributed by atoms with Gasteiger partial charge in [-0.1, -0.05) is 11.6 Å². The Labute approximate surface area is 113 Å². The van der Waals surface area contributed by atoms with Crippen LogP contribution in [-0.2, 0) is 4.79 Å². The molecular weight excluding hydrogens is 250 g/mol. The van der Waals surface area contributed by atoms with Gasteiger partial charge in [0.25, 0.3) is 0 Å². The molecule has 0 heterocycles. The van der Waals surface area contributed by atoms with Crippen molar-refractivity contribution in [3.05, 3.63) is 23.2 Å². The first-order valence-electron chi connectivity index (χ1n) is 5.76. The number of halogens is 1. The highest BCUT2D eigenvalue weighted by Crippen LogP contribution is 2.29. The van der Waals surface area contributed by atoms with Crippen LogP contribution in [0, 0.1) is 5.41 Å². The Morgan fingerprint density at radius 3 is 2.56 bits per heavy atom. The maximum Gasteiger partial charge on any atom is 0.231 e. The largest absolute Gasteiger partial charge is 0.376 e. The van der Waals surface area contributed by atoms with Gasteiger partial charge in [0.1, 0.15) is 0 Å². The number of carbonyl (C=O) groups excluding carboxylic acids is 1. The molecule has 0 aliphatic carbocycles. The van der Waals surface area contributed by atoms with Crippen molar-refractivity contribution in [2.24, 2.45) is 11.1 Å². The normalized spacial score (nSPS) is 11.2. The van der Waals surface area contributed by atoms with Crippen LogP contribution in [-0.4, -0.2) is 26.5 Å². The number of hydrogen-bond donors (Lipinski definition) is 2. The lowest BCUT2D eigenvalue weighted by atomic mass is 9.92. The van der Waals surface area contributed by atoms with Crippen molar-refractivity contribution < 1.29 is 4.79 Å². The summed E-state index contributed by atoms with van der Waals surface area (Å²) in [5, 5.41) is 3.46. The van der Waals surface area contributed by atoms with Gasteiger partial charge in [0.2, 0.25) is 5.91 Å². The molecule has 3 N–H and O–H groups in total. The van der Waals surface area contributed by atoms with Gasteiger partial charge in [0.05, 0.1) is 16.8 Å². The minimum atomic E-state index is -0.605. The summed E-state index contributed by atoms with van der Waals surface area (Å²) in [5.74, 6) is -0.115. The van der Waals surface area contributed by atoms with Gasteiger partial charge in [-0.3, -0.25) is 4.79 Å². The minimum absolute atomic E-state index is 0.115. The van der Waals surface area contributed by atoms with E-state index in [9.17, 15) is 4.79 Å². The Hall–Kier alpha value is -1.26. The predicted molar refractivity (Wildman–Crippen MR) is 77.2 cm³/mol. The summed E-state index contributed by atoms with van der Waals surface area (Å²) in [6.07, 6.45) is 0. The molecule has 0 atom stereocenters. The molecule has 0 aliphatic heterocycles. The first kappa shape index (κ1) is 14.8. The average Bonchev–Trinajstić information content (AvgIpc) is 2.28. The first-order valence-corrected chi connectivity index (χ1v) is 6.14. The molecule has 1 aromatic rings. The zero-order chi connectivity index (χ0) is 13.9. The van der Waals surface area contributed by atoms with E-state index in [4.69, 9.17) is 17.3 Å². The summed E-state index contributed by atoms with van der Waals surface area (Å²) in [5.41, 5.74) is 6.58. The Morgan fingerprint density at radius 1 is 1.44 bits per heavy atom. The highest BCUT2D eigenvalue weighted by molar-refractivity contribution is 6.31. The lowest BCUT2D eigenvalue weighted by molar-refractivity contribution is -0.123. The third-order valence-electron chi connectivity index (χ3n) is 2.81. The smallest absolute Gasteiger partial charge is 0.231 e. The van der Waals surface area contributed by atoms with E-state index in [1.165, 1.54) is 0 Å². The summed E-state index contributed by atoms with van der Waals surface area (Å²) in [6.45, 7) is 3.90. The molecule has 0 radical (unpaired) electrons. The topological polar surface area (TPSA) is 58.4 Å². The molecule has 1 rings (SSSR count). The molecule has 4 nitrogen and oxygen atoms in total. The molecule has 0 saturated carbocycles. The van der Waals surface area contributed by atoms with Crippen LogP contribution < -0.4 is 16.0 Å². The van der Waals surface area contributed by atoms with Crippen molar-refractivity contribution in [1.82, 2.24) is 0 Å². The van der Waals surface area contributed by atoms with E-state index in [2.05, 4.69) is 5.32 Å². The maximum absolute atomic E-state index is 12.1. The molecule has 0 unspecified atom stereocenters. The summed E-state index contributed by atoms with van der Waals surface area (Å²) in [4.78, 5) is 14.0. The first-order chi connectivity index (χ1) is 8.27. The van der Waals surface area contributed by atoms with Crippen LogP contribution in [0.5, 0.6) is 0 Å². The van der Waals surface area contributed by atoms with Gasteiger partial charge in [-0.25, -0.2) is 0 Å². The van der Waals surface area contributed by atoms with Gasteiger partial charge < -0.3 is 16.0 Å². The van der Waals surface area contributed by atoms with Crippen molar-refractivity contribution in [3.8, 4) is 0 Å². The Balaban J connectivity index is 3.03. The van der Waals surface area contributed by atoms with Crippen LogP contribution in [0.1, 0.15) is 13.8 Å².